The van der Waals surface area contributed by atoms with E-state index in [1.54, 1.807) is 0 Å². The Labute approximate surface area is 62.2 Å². The van der Waals surface area contributed by atoms with Crippen molar-refractivity contribution in [2.45, 2.75) is 44.8 Å². The molecular formula is C8H16O2. The number of ether oxygens (including phenoxy) is 1. The fraction of sp³-hybridized carbons (Fsp3) is 1.00. The number of rotatable bonds is 5. The van der Waals surface area contributed by atoms with Gasteiger partial charge in [0.05, 0.1) is 12.2 Å². The second kappa shape index (κ2) is 3.94. The van der Waals surface area contributed by atoms with Crippen LogP contribution in [-0.2, 0) is 4.74 Å². The van der Waals surface area contributed by atoms with Gasteiger partial charge in [-0.25, -0.2) is 0 Å². The molecule has 0 bridgehead atoms. The predicted molar refractivity (Wildman–Crippen MR) is 39.9 cm³/mol. The molecule has 1 fully saturated rings. The monoisotopic (exact) mass is 144 g/mol. The first-order valence-corrected chi connectivity index (χ1v) is 4.14. The van der Waals surface area contributed by atoms with Crippen LogP contribution in [0.4, 0.5) is 0 Å². The molecule has 2 heteroatoms. The summed E-state index contributed by atoms with van der Waals surface area (Å²) in [7, 11) is 0. The number of aliphatic hydroxyl groups is 1. The summed E-state index contributed by atoms with van der Waals surface area (Å²) in [6.45, 7) is 2.46. The lowest BCUT2D eigenvalue weighted by atomic mass is 10.1. The first-order valence-electron chi connectivity index (χ1n) is 4.14. The van der Waals surface area contributed by atoms with Crippen molar-refractivity contribution in [2.75, 3.05) is 6.61 Å². The maximum atomic E-state index is 8.54. The third-order valence-corrected chi connectivity index (χ3v) is 1.94. The van der Waals surface area contributed by atoms with Crippen LogP contribution in [0.5, 0.6) is 0 Å². The van der Waals surface area contributed by atoms with E-state index in [1.165, 1.54) is 19.3 Å². The Morgan fingerprint density at radius 3 is 2.60 bits per heavy atom. The highest BCUT2D eigenvalue weighted by atomic mass is 16.6. The van der Waals surface area contributed by atoms with Crippen LogP contribution in [0, 0.1) is 0 Å². The van der Waals surface area contributed by atoms with E-state index < -0.39 is 0 Å². The van der Waals surface area contributed by atoms with E-state index in [-0.39, 0.29) is 6.61 Å². The third kappa shape index (κ3) is 2.27. The topological polar surface area (TPSA) is 32.8 Å². The molecule has 0 unspecified atom stereocenters. The van der Waals surface area contributed by atoms with E-state index in [0.717, 1.165) is 6.42 Å². The zero-order chi connectivity index (χ0) is 7.40. The standard InChI is InChI=1S/C8H16O2/c1-2-3-4-7-8(10-7)5-6-9/h7-9H,2-6H2,1H3/t7-,8+/m0/s1. The van der Waals surface area contributed by atoms with Crippen molar-refractivity contribution < 1.29 is 9.84 Å². The van der Waals surface area contributed by atoms with E-state index >= 15 is 0 Å². The highest BCUT2D eigenvalue weighted by molar-refractivity contribution is 4.83. The lowest BCUT2D eigenvalue weighted by Crippen LogP contribution is -1.96. The minimum Gasteiger partial charge on any atom is -0.396 e. The van der Waals surface area contributed by atoms with Crippen LogP contribution in [0.3, 0.4) is 0 Å². The Hall–Kier alpha value is -0.0800. The molecule has 10 heavy (non-hydrogen) atoms. The van der Waals surface area contributed by atoms with Gasteiger partial charge in [-0.1, -0.05) is 19.8 Å². The van der Waals surface area contributed by atoms with Crippen molar-refractivity contribution in [3.05, 3.63) is 0 Å². The number of unbranched alkanes of at least 4 members (excludes halogenated alkanes) is 1. The molecule has 1 saturated heterocycles. The molecule has 1 rings (SSSR count). The van der Waals surface area contributed by atoms with Crippen molar-refractivity contribution in [3.8, 4) is 0 Å². The molecule has 0 aromatic carbocycles. The SMILES string of the molecule is CCCC[C@@H]1O[C@@H]1CCO. The predicted octanol–water partition coefficient (Wildman–Crippen LogP) is 1.33. The fourth-order valence-corrected chi connectivity index (χ4v) is 1.22. The zero-order valence-corrected chi connectivity index (χ0v) is 6.55. The summed E-state index contributed by atoms with van der Waals surface area (Å²) in [5.74, 6) is 0. The normalized spacial score (nSPS) is 30.6. The van der Waals surface area contributed by atoms with Crippen molar-refractivity contribution in [1.29, 1.82) is 0 Å². The van der Waals surface area contributed by atoms with Gasteiger partial charge >= 0.3 is 0 Å². The average molecular weight is 144 g/mol. The molecule has 0 spiro atoms. The maximum absolute atomic E-state index is 8.54. The van der Waals surface area contributed by atoms with Crippen molar-refractivity contribution in [1.82, 2.24) is 0 Å². The molecule has 1 aliphatic rings. The molecule has 0 aromatic rings. The second-order valence-corrected chi connectivity index (χ2v) is 2.87. The van der Waals surface area contributed by atoms with Gasteiger partial charge in [-0.15, -0.1) is 0 Å². The highest BCUT2D eigenvalue weighted by Crippen LogP contribution is 2.29. The molecule has 0 aliphatic carbocycles. The summed E-state index contributed by atoms with van der Waals surface area (Å²) in [6, 6.07) is 0. The Morgan fingerprint density at radius 2 is 2.00 bits per heavy atom. The van der Waals surface area contributed by atoms with E-state index in [2.05, 4.69) is 6.92 Å². The Kier molecular flexibility index (Phi) is 3.16. The maximum Gasteiger partial charge on any atom is 0.0863 e. The van der Waals surface area contributed by atoms with Crippen LogP contribution in [-0.4, -0.2) is 23.9 Å². The van der Waals surface area contributed by atoms with Crippen LogP contribution in [0.1, 0.15) is 32.6 Å². The zero-order valence-electron chi connectivity index (χ0n) is 6.55. The Morgan fingerprint density at radius 1 is 1.30 bits per heavy atom. The third-order valence-electron chi connectivity index (χ3n) is 1.94. The van der Waals surface area contributed by atoms with Gasteiger partial charge < -0.3 is 9.84 Å². The number of aliphatic hydroxyl groups excluding tert-OH is 1. The molecule has 1 aliphatic heterocycles. The first-order chi connectivity index (χ1) is 4.88. The summed E-state index contributed by atoms with van der Waals surface area (Å²) in [5, 5.41) is 8.54. The van der Waals surface area contributed by atoms with Gasteiger partial charge in [0.2, 0.25) is 0 Å². The lowest BCUT2D eigenvalue weighted by Gasteiger charge is -1.90. The molecule has 0 saturated carbocycles. The van der Waals surface area contributed by atoms with E-state index in [9.17, 15) is 0 Å². The molecule has 0 aromatic heterocycles. The van der Waals surface area contributed by atoms with Crippen molar-refractivity contribution in [3.63, 3.8) is 0 Å². The van der Waals surface area contributed by atoms with Crippen LogP contribution < -0.4 is 0 Å². The van der Waals surface area contributed by atoms with Gasteiger partial charge in [0, 0.05) is 6.61 Å². The molecule has 2 nitrogen and oxygen atoms in total. The van der Waals surface area contributed by atoms with Crippen LogP contribution in [0.15, 0.2) is 0 Å². The highest BCUT2D eigenvalue weighted by Gasteiger charge is 2.36. The summed E-state index contributed by atoms with van der Waals surface area (Å²) < 4.78 is 5.30. The van der Waals surface area contributed by atoms with Gasteiger partial charge in [-0.2, -0.15) is 0 Å². The lowest BCUT2D eigenvalue weighted by molar-refractivity contribution is 0.262. The van der Waals surface area contributed by atoms with Crippen molar-refractivity contribution in [2.24, 2.45) is 0 Å². The van der Waals surface area contributed by atoms with Gasteiger partial charge in [0.1, 0.15) is 0 Å². The molecule has 1 heterocycles. The number of hydrogen-bond donors (Lipinski definition) is 1. The van der Waals surface area contributed by atoms with Gasteiger partial charge in [0.25, 0.3) is 0 Å². The Bertz CT molecular complexity index is 93.3. The summed E-state index contributed by atoms with van der Waals surface area (Å²) in [6.07, 6.45) is 5.37. The first kappa shape index (κ1) is 8.02. The fourth-order valence-electron chi connectivity index (χ4n) is 1.22. The average Bonchev–Trinajstić information content (AvgIpc) is 2.65. The van der Waals surface area contributed by atoms with E-state index in [0.29, 0.717) is 12.2 Å². The van der Waals surface area contributed by atoms with E-state index in [1.807, 2.05) is 0 Å². The molecular weight excluding hydrogens is 128 g/mol. The molecule has 60 valence electrons. The van der Waals surface area contributed by atoms with Gasteiger partial charge in [0.15, 0.2) is 0 Å². The second-order valence-electron chi connectivity index (χ2n) is 2.87. The van der Waals surface area contributed by atoms with E-state index in [4.69, 9.17) is 9.84 Å². The minimum absolute atomic E-state index is 0.271. The smallest absolute Gasteiger partial charge is 0.0863 e. The van der Waals surface area contributed by atoms with Crippen LogP contribution >= 0.6 is 0 Å². The van der Waals surface area contributed by atoms with Crippen LogP contribution in [0.25, 0.3) is 0 Å². The number of epoxide rings is 1. The van der Waals surface area contributed by atoms with Crippen LogP contribution in [0.2, 0.25) is 0 Å². The van der Waals surface area contributed by atoms with Gasteiger partial charge in [-0.05, 0) is 12.8 Å². The summed E-state index contributed by atoms with van der Waals surface area (Å²) in [5.41, 5.74) is 0. The molecule has 0 radical (unpaired) electrons. The quantitative estimate of drug-likeness (QED) is 0.590. The minimum atomic E-state index is 0.271. The Balaban J connectivity index is 1.92. The summed E-state index contributed by atoms with van der Waals surface area (Å²) >= 11 is 0. The summed E-state index contributed by atoms with van der Waals surface area (Å²) in [4.78, 5) is 0. The molecule has 0 amide bonds. The molecule has 1 N–H and O–H groups in total. The number of hydrogen-bond acceptors (Lipinski definition) is 2. The molecule has 2 atom stereocenters. The largest absolute Gasteiger partial charge is 0.396 e. The van der Waals surface area contributed by atoms with Gasteiger partial charge in [-0.3, -0.25) is 0 Å². The van der Waals surface area contributed by atoms with Crippen molar-refractivity contribution >= 4 is 0 Å².